The average Bonchev–Trinajstić information content (AvgIpc) is 3.78. The first kappa shape index (κ1) is 29.2. The number of halogens is 1. The molecule has 0 aromatic heterocycles. The molecule has 224 valence electrons. The number of rotatable bonds is 3. The number of carbonyl (C=O) groups excluding carboxylic acids is 2. The quantitative estimate of drug-likeness (QED) is 0.326. The van der Waals surface area contributed by atoms with Gasteiger partial charge in [-0.15, -0.1) is 0 Å². The lowest BCUT2D eigenvalue weighted by Gasteiger charge is -2.37. The minimum absolute atomic E-state index is 0.0177. The molecule has 2 N–H and O–H groups in total. The normalized spacial score (nSPS) is 20.7. The van der Waals surface area contributed by atoms with Crippen molar-refractivity contribution in [1.29, 1.82) is 0 Å². The minimum Gasteiger partial charge on any atom is -0.507 e. The molecule has 2 atom stereocenters. The van der Waals surface area contributed by atoms with Gasteiger partial charge in [-0.3, -0.25) is 14.5 Å². The Morgan fingerprint density at radius 3 is 2.07 bits per heavy atom. The van der Waals surface area contributed by atoms with Gasteiger partial charge in [-0.05, 0) is 94.7 Å². The van der Waals surface area contributed by atoms with Crippen LogP contribution in [0.3, 0.4) is 0 Å². The van der Waals surface area contributed by atoms with E-state index in [1.807, 2.05) is 41.3 Å². The molecule has 6 rings (SSSR count). The molecule has 5 nitrogen and oxygen atoms in total. The summed E-state index contributed by atoms with van der Waals surface area (Å²) in [4.78, 5) is 30.5. The molecule has 0 bridgehead atoms. The SMILES string of the molecule is CC(C)(C)c1cc([C@@H]2C3=C(C[C@H](c4ccc(F)cc4)CC3=O)Nc3ccccc3N2C(=O)C2CC2)cc(C(C)(C)C)c1O. The number of anilines is 2. The van der Waals surface area contributed by atoms with E-state index in [9.17, 15) is 19.1 Å². The molecule has 1 aliphatic heterocycles. The smallest absolute Gasteiger partial charge is 0.231 e. The van der Waals surface area contributed by atoms with E-state index < -0.39 is 6.04 Å². The van der Waals surface area contributed by atoms with Crippen LogP contribution in [0.15, 0.2) is 71.9 Å². The van der Waals surface area contributed by atoms with Crippen LogP contribution < -0.4 is 10.2 Å². The van der Waals surface area contributed by atoms with Crippen LogP contribution in [0.1, 0.15) is 101 Å². The first-order valence-corrected chi connectivity index (χ1v) is 15.3. The van der Waals surface area contributed by atoms with E-state index in [-0.39, 0.29) is 52.3 Å². The molecule has 2 aliphatic carbocycles. The van der Waals surface area contributed by atoms with Gasteiger partial charge in [0.25, 0.3) is 0 Å². The Hall–Kier alpha value is -3.93. The number of Topliss-reactive ketones (excluding diaryl/α,β-unsaturated/α-hetero) is 1. The number of hydrogen-bond acceptors (Lipinski definition) is 4. The Bertz CT molecular complexity index is 1600. The first-order valence-electron chi connectivity index (χ1n) is 15.3. The van der Waals surface area contributed by atoms with Gasteiger partial charge in [0.2, 0.25) is 5.91 Å². The second-order valence-corrected chi connectivity index (χ2v) is 14.5. The maximum absolute atomic E-state index is 14.4. The van der Waals surface area contributed by atoms with Crippen LogP contribution in [-0.4, -0.2) is 16.8 Å². The number of benzene rings is 3. The zero-order chi connectivity index (χ0) is 30.8. The predicted molar refractivity (Wildman–Crippen MR) is 169 cm³/mol. The molecule has 1 heterocycles. The van der Waals surface area contributed by atoms with Gasteiger partial charge in [0.1, 0.15) is 11.6 Å². The van der Waals surface area contributed by atoms with Gasteiger partial charge in [-0.2, -0.15) is 0 Å². The zero-order valence-corrected chi connectivity index (χ0v) is 25.9. The van der Waals surface area contributed by atoms with Crippen molar-refractivity contribution in [1.82, 2.24) is 0 Å². The average molecular weight is 581 g/mol. The number of ketones is 1. The van der Waals surface area contributed by atoms with Crippen LogP contribution in [0.25, 0.3) is 0 Å². The van der Waals surface area contributed by atoms with Crippen LogP contribution in [-0.2, 0) is 20.4 Å². The molecule has 0 saturated heterocycles. The lowest BCUT2D eigenvalue weighted by molar-refractivity contribution is -0.120. The Labute approximate surface area is 253 Å². The standard InChI is InChI=1S/C37H41FN2O3/c1-36(2,3)26-17-24(18-27(34(26)42)37(4,5)6)33-32-29(19-23(20-31(32)41)21-13-15-25(38)16-14-21)39-28-9-7-8-10-30(28)40(33)35(43)22-11-12-22/h7-10,13-18,22-23,33,39,42H,11-12,19-20H2,1-6H3/t23-,33+/m0/s1. The number of carbonyl (C=O) groups is 2. The Balaban J connectivity index is 1.62. The fourth-order valence-electron chi connectivity index (χ4n) is 6.60. The highest BCUT2D eigenvalue weighted by Gasteiger charge is 2.45. The number of amides is 1. The maximum atomic E-state index is 14.4. The summed E-state index contributed by atoms with van der Waals surface area (Å²) in [6.07, 6.45) is 2.49. The van der Waals surface area contributed by atoms with Crippen LogP contribution >= 0.6 is 0 Å². The number of allylic oxidation sites excluding steroid dienone is 1. The fourth-order valence-corrected chi connectivity index (χ4v) is 6.60. The number of nitrogens with one attached hydrogen (secondary N) is 1. The number of phenols is 1. The molecule has 0 spiro atoms. The summed E-state index contributed by atoms with van der Waals surface area (Å²) < 4.78 is 13.8. The van der Waals surface area contributed by atoms with Crippen molar-refractivity contribution >= 4 is 23.1 Å². The molecule has 0 unspecified atom stereocenters. The molecule has 0 radical (unpaired) electrons. The van der Waals surface area contributed by atoms with Crippen LogP contribution in [0.2, 0.25) is 0 Å². The number of fused-ring (bicyclic) bond motifs is 1. The molecule has 3 aromatic rings. The lowest BCUT2D eigenvalue weighted by atomic mass is 9.74. The van der Waals surface area contributed by atoms with Crippen molar-refractivity contribution in [3.05, 3.63) is 100 Å². The van der Waals surface area contributed by atoms with Gasteiger partial charge in [0.05, 0.1) is 17.4 Å². The Kier molecular flexibility index (Phi) is 7.02. The minimum atomic E-state index is -0.663. The number of para-hydroxylation sites is 2. The predicted octanol–water partition coefficient (Wildman–Crippen LogP) is 8.44. The van der Waals surface area contributed by atoms with E-state index >= 15 is 0 Å². The van der Waals surface area contributed by atoms with Crippen molar-refractivity contribution in [2.75, 3.05) is 10.2 Å². The van der Waals surface area contributed by atoms with Gasteiger partial charge >= 0.3 is 0 Å². The largest absolute Gasteiger partial charge is 0.507 e. The summed E-state index contributed by atoms with van der Waals surface area (Å²) in [6, 6.07) is 17.5. The second-order valence-electron chi connectivity index (χ2n) is 14.5. The third-order valence-electron chi connectivity index (χ3n) is 9.06. The summed E-state index contributed by atoms with van der Waals surface area (Å²) in [5.41, 5.74) is 5.45. The van der Waals surface area contributed by atoms with Crippen molar-refractivity contribution in [2.24, 2.45) is 5.92 Å². The first-order chi connectivity index (χ1) is 20.2. The number of phenolic OH excluding ortho intramolecular Hbond substituents is 1. The number of nitrogens with zero attached hydrogens (tertiary/aromatic N) is 1. The zero-order valence-electron chi connectivity index (χ0n) is 25.9. The van der Waals surface area contributed by atoms with E-state index in [4.69, 9.17) is 0 Å². The van der Waals surface area contributed by atoms with Gasteiger partial charge in [0.15, 0.2) is 5.78 Å². The van der Waals surface area contributed by atoms with Gasteiger partial charge in [-0.25, -0.2) is 4.39 Å². The summed E-state index contributed by atoms with van der Waals surface area (Å²) >= 11 is 0. The van der Waals surface area contributed by atoms with Crippen LogP contribution in [0.4, 0.5) is 15.8 Å². The second kappa shape index (κ2) is 10.4. The summed E-state index contributed by atoms with van der Waals surface area (Å²) in [5.74, 6) is -0.256. The van der Waals surface area contributed by atoms with E-state index in [1.54, 1.807) is 12.1 Å². The van der Waals surface area contributed by atoms with Crippen molar-refractivity contribution in [3.8, 4) is 5.75 Å². The van der Waals surface area contributed by atoms with Gasteiger partial charge in [0, 0.05) is 23.6 Å². The van der Waals surface area contributed by atoms with Gasteiger partial charge in [-0.1, -0.05) is 65.8 Å². The fraction of sp³-hybridized carbons (Fsp3) is 0.405. The van der Waals surface area contributed by atoms with E-state index in [2.05, 4.69) is 46.9 Å². The number of aromatic hydroxyl groups is 1. The van der Waals surface area contributed by atoms with E-state index in [0.29, 0.717) is 12.0 Å². The van der Waals surface area contributed by atoms with E-state index in [0.717, 1.165) is 52.2 Å². The van der Waals surface area contributed by atoms with Crippen LogP contribution in [0.5, 0.6) is 5.75 Å². The highest BCUT2D eigenvalue weighted by molar-refractivity contribution is 6.07. The van der Waals surface area contributed by atoms with Gasteiger partial charge < -0.3 is 10.4 Å². The lowest BCUT2D eigenvalue weighted by Crippen LogP contribution is -2.39. The monoisotopic (exact) mass is 580 g/mol. The topological polar surface area (TPSA) is 69.6 Å². The number of hydrogen-bond donors (Lipinski definition) is 2. The maximum Gasteiger partial charge on any atom is 0.231 e. The third kappa shape index (κ3) is 5.37. The highest BCUT2D eigenvalue weighted by Crippen LogP contribution is 2.51. The van der Waals surface area contributed by atoms with Crippen molar-refractivity contribution in [2.45, 2.75) is 90.0 Å². The van der Waals surface area contributed by atoms with Crippen LogP contribution in [0, 0.1) is 11.7 Å². The molecule has 6 heteroatoms. The molecule has 3 aromatic carbocycles. The molecular formula is C37H41FN2O3. The third-order valence-corrected chi connectivity index (χ3v) is 9.06. The molecule has 43 heavy (non-hydrogen) atoms. The Morgan fingerprint density at radius 1 is 0.884 bits per heavy atom. The molecular weight excluding hydrogens is 539 g/mol. The summed E-state index contributed by atoms with van der Waals surface area (Å²) in [7, 11) is 0. The van der Waals surface area contributed by atoms with Crippen molar-refractivity contribution in [3.63, 3.8) is 0 Å². The molecule has 1 fully saturated rings. The highest BCUT2D eigenvalue weighted by atomic mass is 19.1. The Morgan fingerprint density at radius 2 is 1.49 bits per heavy atom. The van der Waals surface area contributed by atoms with E-state index in [1.165, 1.54) is 12.1 Å². The summed E-state index contributed by atoms with van der Waals surface area (Å²) in [6.45, 7) is 12.4. The molecule has 1 amide bonds. The molecule has 1 saturated carbocycles. The molecule has 3 aliphatic rings. The van der Waals surface area contributed by atoms with Crippen molar-refractivity contribution < 1.29 is 19.1 Å². The summed E-state index contributed by atoms with van der Waals surface area (Å²) in [5, 5.41) is 15.1.